The SMILES string of the molecule is CCC(=O)N1CCN(c2ccc(O)c(OC)c2)CC1. The van der Waals surface area contributed by atoms with E-state index in [1.165, 1.54) is 7.11 Å². The van der Waals surface area contributed by atoms with E-state index in [1.807, 2.05) is 24.0 Å². The first kappa shape index (κ1) is 13.5. The van der Waals surface area contributed by atoms with Gasteiger partial charge in [-0.3, -0.25) is 4.79 Å². The fourth-order valence-corrected chi connectivity index (χ4v) is 2.30. The molecule has 0 aromatic heterocycles. The molecule has 19 heavy (non-hydrogen) atoms. The molecule has 2 rings (SSSR count). The quantitative estimate of drug-likeness (QED) is 0.898. The summed E-state index contributed by atoms with van der Waals surface area (Å²) in [5.41, 5.74) is 1.01. The zero-order valence-corrected chi connectivity index (χ0v) is 11.4. The third-order valence-electron chi connectivity index (χ3n) is 3.46. The van der Waals surface area contributed by atoms with Gasteiger partial charge in [-0.05, 0) is 12.1 Å². The number of anilines is 1. The Morgan fingerprint density at radius 3 is 2.58 bits per heavy atom. The van der Waals surface area contributed by atoms with E-state index in [-0.39, 0.29) is 11.7 Å². The lowest BCUT2D eigenvalue weighted by molar-refractivity contribution is -0.131. The summed E-state index contributed by atoms with van der Waals surface area (Å²) < 4.78 is 5.11. The average molecular weight is 264 g/mol. The smallest absolute Gasteiger partial charge is 0.222 e. The number of benzene rings is 1. The predicted molar refractivity (Wildman–Crippen MR) is 73.7 cm³/mol. The van der Waals surface area contributed by atoms with Gasteiger partial charge in [0.15, 0.2) is 11.5 Å². The second kappa shape index (κ2) is 5.82. The topological polar surface area (TPSA) is 53.0 Å². The number of hydrogen-bond donors (Lipinski definition) is 1. The van der Waals surface area contributed by atoms with Gasteiger partial charge in [-0.15, -0.1) is 0 Å². The van der Waals surface area contributed by atoms with Crippen molar-refractivity contribution in [2.45, 2.75) is 13.3 Å². The van der Waals surface area contributed by atoms with Crippen LogP contribution in [-0.4, -0.2) is 49.2 Å². The molecule has 0 radical (unpaired) electrons. The highest BCUT2D eigenvalue weighted by molar-refractivity contribution is 5.76. The van der Waals surface area contributed by atoms with Gasteiger partial charge in [0.25, 0.3) is 0 Å². The minimum Gasteiger partial charge on any atom is -0.504 e. The minimum absolute atomic E-state index is 0.144. The Kier molecular flexibility index (Phi) is 4.14. The van der Waals surface area contributed by atoms with Gasteiger partial charge >= 0.3 is 0 Å². The number of ether oxygens (including phenoxy) is 1. The van der Waals surface area contributed by atoms with Crippen LogP contribution in [0, 0.1) is 0 Å². The Balaban J connectivity index is 2.03. The van der Waals surface area contributed by atoms with E-state index < -0.39 is 0 Å². The maximum atomic E-state index is 11.6. The largest absolute Gasteiger partial charge is 0.504 e. The molecular weight excluding hydrogens is 244 g/mol. The number of hydrogen-bond acceptors (Lipinski definition) is 4. The summed E-state index contributed by atoms with van der Waals surface area (Å²) in [4.78, 5) is 15.7. The molecule has 0 spiro atoms. The molecule has 1 amide bonds. The fraction of sp³-hybridized carbons (Fsp3) is 0.500. The Morgan fingerprint density at radius 1 is 1.32 bits per heavy atom. The molecule has 0 saturated carbocycles. The van der Waals surface area contributed by atoms with Gasteiger partial charge in [0.05, 0.1) is 7.11 Å². The second-order valence-electron chi connectivity index (χ2n) is 4.58. The van der Waals surface area contributed by atoms with Crippen molar-refractivity contribution in [1.29, 1.82) is 0 Å². The van der Waals surface area contributed by atoms with E-state index in [0.29, 0.717) is 12.2 Å². The number of carbonyl (C=O) groups is 1. The van der Waals surface area contributed by atoms with E-state index >= 15 is 0 Å². The molecule has 1 aromatic rings. The van der Waals surface area contributed by atoms with E-state index in [9.17, 15) is 9.90 Å². The number of phenols is 1. The van der Waals surface area contributed by atoms with Crippen LogP contribution in [0.4, 0.5) is 5.69 Å². The first-order valence-corrected chi connectivity index (χ1v) is 6.55. The van der Waals surface area contributed by atoms with Crippen LogP contribution in [0.3, 0.4) is 0 Å². The summed E-state index contributed by atoms with van der Waals surface area (Å²) in [6, 6.07) is 5.33. The van der Waals surface area contributed by atoms with Crippen molar-refractivity contribution in [2.24, 2.45) is 0 Å². The highest BCUT2D eigenvalue weighted by Crippen LogP contribution is 2.30. The molecule has 0 bridgehead atoms. The van der Waals surface area contributed by atoms with E-state index in [4.69, 9.17) is 4.74 Å². The fourth-order valence-electron chi connectivity index (χ4n) is 2.30. The molecule has 1 aliphatic rings. The van der Waals surface area contributed by atoms with Crippen molar-refractivity contribution >= 4 is 11.6 Å². The number of phenolic OH excluding ortho intramolecular Hbond substituents is 1. The molecule has 1 heterocycles. The summed E-state index contributed by atoms with van der Waals surface area (Å²) in [6.07, 6.45) is 0.563. The van der Waals surface area contributed by atoms with Crippen LogP contribution < -0.4 is 9.64 Å². The highest BCUT2D eigenvalue weighted by atomic mass is 16.5. The van der Waals surface area contributed by atoms with Gasteiger partial charge in [0.2, 0.25) is 5.91 Å². The average Bonchev–Trinajstić information content (AvgIpc) is 2.47. The van der Waals surface area contributed by atoms with E-state index in [2.05, 4.69) is 4.90 Å². The van der Waals surface area contributed by atoms with Crippen LogP contribution in [0.5, 0.6) is 11.5 Å². The maximum absolute atomic E-state index is 11.6. The number of methoxy groups -OCH3 is 1. The summed E-state index contributed by atoms with van der Waals surface area (Å²) in [6.45, 7) is 4.99. The van der Waals surface area contributed by atoms with Gasteiger partial charge in [0, 0.05) is 44.4 Å². The lowest BCUT2D eigenvalue weighted by Gasteiger charge is -2.36. The maximum Gasteiger partial charge on any atom is 0.222 e. The van der Waals surface area contributed by atoms with Crippen LogP contribution in [0.2, 0.25) is 0 Å². The molecular formula is C14H20N2O3. The van der Waals surface area contributed by atoms with Crippen LogP contribution in [0.15, 0.2) is 18.2 Å². The minimum atomic E-state index is 0.144. The third-order valence-corrected chi connectivity index (χ3v) is 3.46. The molecule has 5 heteroatoms. The van der Waals surface area contributed by atoms with Crippen molar-refractivity contribution in [1.82, 2.24) is 4.90 Å². The Bertz CT molecular complexity index is 454. The van der Waals surface area contributed by atoms with Crippen LogP contribution in [-0.2, 0) is 4.79 Å². The first-order chi connectivity index (χ1) is 9.15. The van der Waals surface area contributed by atoms with Gasteiger partial charge in [-0.2, -0.15) is 0 Å². The summed E-state index contributed by atoms with van der Waals surface area (Å²) in [5.74, 6) is 0.832. The van der Waals surface area contributed by atoms with Gasteiger partial charge in [-0.25, -0.2) is 0 Å². The summed E-state index contributed by atoms with van der Waals surface area (Å²) in [5, 5.41) is 9.58. The van der Waals surface area contributed by atoms with Crippen LogP contribution in [0.25, 0.3) is 0 Å². The normalized spacial score (nSPS) is 15.5. The molecule has 1 aliphatic heterocycles. The van der Waals surface area contributed by atoms with Crippen LogP contribution in [0.1, 0.15) is 13.3 Å². The van der Waals surface area contributed by atoms with Crippen LogP contribution >= 0.6 is 0 Å². The van der Waals surface area contributed by atoms with Crippen molar-refractivity contribution in [3.05, 3.63) is 18.2 Å². The number of piperazine rings is 1. The van der Waals surface area contributed by atoms with Crippen molar-refractivity contribution < 1.29 is 14.6 Å². The number of nitrogens with zero attached hydrogens (tertiary/aromatic N) is 2. The van der Waals surface area contributed by atoms with E-state index in [0.717, 1.165) is 31.9 Å². The number of amides is 1. The molecule has 1 saturated heterocycles. The molecule has 5 nitrogen and oxygen atoms in total. The van der Waals surface area contributed by atoms with Crippen molar-refractivity contribution in [3.8, 4) is 11.5 Å². The highest BCUT2D eigenvalue weighted by Gasteiger charge is 2.20. The molecule has 0 atom stereocenters. The zero-order valence-electron chi connectivity index (χ0n) is 11.4. The lowest BCUT2D eigenvalue weighted by atomic mass is 10.2. The molecule has 104 valence electrons. The van der Waals surface area contributed by atoms with Crippen molar-refractivity contribution in [2.75, 3.05) is 38.2 Å². The number of rotatable bonds is 3. The molecule has 1 fully saturated rings. The molecule has 0 aliphatic carbocycles. The predicted octanol–water partition coefficient (Wildman–Crippen LogP) is 1.46. The molecule has 0 unspecified atom stereocenters. The zero-order chi connectivity index (χ0) is 13.8. The summed E-state index contributed by atoms with van der Waals surface area (Å²) in [7, 11) is 1.54. The van der Waals surface area contributed by atoms with Gasteiger partial charge < -0.3 is 19.6 Å². The van der Waals surface area contributed by atoms with Gasteiger partial charge in [0.1, 0.15) is 0 Å². The second-order valence-corrected chi connectivity index (χ2v) is 4.58. The van der Waals surface area contributed by atoms with E-state index in [1.54, 1.807) is 6.07 Å². The lowest BCUT2D eigenvalue weighted by Crippen LogP contribution is -2.48. The molecule has 1 N–H and O–H groups in total. The first-order valence-electron chi connectivity index (χ1n) is 6.55. The standard InChI is InChI=1S/C14H20N2O3/c1-3-14(18)16-8-6-15(7-9-16)11-4-5-12(17)13(10-11)19-2/h4-5,10,17H,3,6-9H2,1-2H3. The molecule has 1 aromatic carbocycles. The third kappa shape index (κ3) is 2.92. The Hall–Kier alpha value is -1.91. The monoisotopic (exact) mass is 264 g/mol. The number of carbonyl (C=O) groups excluding carboxylic acids is 1. The Labute approximate surface area is 113 Å². The number of aromatic hydroxyl groups is 1. The van der Waals surface area contributed by atoms with Crippen molar-refractivity contribution in [3.63, 3.8) is 0 Å². The van der Waals surface area contributed by atoms with Gasteiger partial charge in [-0.1, -0.05) is 6.92 Å². The Morgan fingerprint density at radius 2 is 2.00 bits per heavy atom. The summed E-state index contributed by atoms with van der Waals surface area (Å²) >= 11 is 0.